The van der Waals surface area contributed by atoms with Crippen molar-refractivity contribution in [1.82, 2.24) is 15.0 Å². The second-order valence-electron chi connectivity index (χ2n) is 4.11. The molecular weight excluding hydrogens is 268 g/mol. The summed E-state index contributed by atoms with van der Waals surface area (Å²) in [6, 6.07) is 4.46. The minimum absolute atomic E-state index is 0.00715. The lowest BCUT2D eigenvalue weighted by atomic mass is 10.2. The van der Waals surface area contributed by atoms with Gasteiger partial charge in [-0.25, -0.2) is 23.5 Å². The van der Waals surface area contributed by atoms with Crippen LogP contribution in [-0.4, -0.2) is 26.0 Å². The number of carbonyl (C=O) groups is 1. The Labute approximate surface area is 110 Å². The van der Waals surface area contributed by atoms with E-state index in [1.54, 1.807) is 0 Å². The van der Waals surface area contributed by atoms with Gasteiger partial charge in [0.1, 0.15) is 17.5 Å². The Balaban J connectivity index is 2.15. The molecule has 7 heteroatoms. The topological polar surface area (TPSA) is 78.9 Å². The van der Waals surface area contributed by atoms with E-state index in [-0.39, 0.29) is 22.6 Å². The molecule has 0 aliphatic carbocycles. The summed E-state index contributed by atoms with van der Waals surface area (Å²) in [6.07, 6.45) is 1.16. The van der Waals surface area contributed by atoms with Crippen LogP contribution in [0.4, 0.5) is 8.78 Å². The number of fused-ring (bicyclic) bond motifs is 1. The molecule has 20 heavy (non-hydrogen) atoms. The number of hydrogen-bond donors (Lipinski definition) is 2. The van der Waals surface area contributed by atoms with Crippen LogP contribution in [0.15, 0.2) is 30.5 Å². The van der Waals surface area contributed by atoms with Crippen molar-refractivity contribution in [2.24, 2.45) is 0 Å². The van der Waals surface area contributed by atoms with Crippen molar-refractivity contribution in [3.05, 3.63) is 47.7 Å². The second-order valence-corrected chi connectivity index (χ2v) is 4.11. The highest BCUT2D eigenvalue weighted by Crippen LogP contribution is 2.23. The van der Waals surface area contributed by atoms with Gasteiger partial charge in [0.15, 0.2) is 5.65 Å². The van der Waals surface area contributed by atoms with Crippen LogP contribution in [0.25, 0.3) is 22.6 Å². The molecule has 0 spiro atoms. The van der Waals surface area contributed by atoms with Gasteiger partial charge >= 0.3 is 5.97 Å². The molecule has 0 aliphatic heterocycles. The van der Waals surface area contributed by atoms with Crippen LogP contribution in [0.3, 0.4) is 0 Å². The minimum atomic E-state index is -1.12. The number of imidazole rings is 1. The predicted octanol–water partition coefficient (Wildman–Crippen LogP) is 2.60. The van der Waals surface area contributed by atoms with Gasteiger partial charge in [0, 0.05) is 12.3 Å². The zero-order chi connectivity index (χ0) is 14.3. The maximum absolute atomic E-state index is 13.7. The number of aromatic amines is 1. The van der Waals surface area contributed by atoms with E-state index in [4.69, 9.17) is 5.11 Å². The van der Waals surface area contributed by atoms with Crippen LogP contribution < -0.4 is 0 Å². The van der Waals surface area contributed by atoms with Crippen LogP contribution in [0.1, 0.15) is 10.4 Å². The van der Waals surface area contributed by atoms with E-state index in [9.17, 15) is 13.6 Å². The average Bonchev–Trinajstić information content (AvgIpc) is 2.80. The highest BCUT2D eigenvalue weighted by molar-refractivity contribution is 5.91. The third kappa shape index (κ3) is 1.99. The molecule has 0 atom stereocenters. The van der Waals surface area contributed by atoms with Crippen molar-refractivity contribution in [2.45, 2.75) is 0 Å². The van der Waals surface area contributed by atoms with Crippen molar-refractivity contribution in [1.29, 1.82) is 0 Å². The van der Waals surface area contributed by atoms with Gasteiger partial charge < -0.3 is 10.1 Å². The molecule has 0 aliphatic rings. The predicted molar refractivity (Wildman–Crippen MR) is 66.2 cm³/mol. The van der Waals surface area contributed by atoms with E-state index in [1.165, 1.54) is 12.1 Å². The van der Waals surface area contributed by atoms with Crippen molar-refractivity contribution >= 4 is 17.1 Å². The number of hydrogen-bond acceptors (Lipinski definition) is 3. The summed E-state index contributed by atoms with van der Waals surface area (Å²) in [7, 11) is 0. The monoisotopic (exact) mass is 275 g/mol. The van der Waals surface area contributed by atoms with Crippen molar-refractivity contribution < 1.29 is 18.7 Å². The Bertz CT molecular complexity index is 830. The van der Waals surface area contributed by atoms with Gasteiger partial charge in [0.05, 0.1) is 16.6 Å². The molecule has 5 nitrogen and oxygen atoms in total. The molecule has 3 rings (SSSR count). The maximum atomic E-state index is 13.7. The van der Waals surface area contributed by atoms with Gasteiger partial charge in [0.2, 0.25) is 0 Å². The number of carboxylic acids is 1. The fourth-order valence-electron chi connectivity index (χ4n) is 1.83. The number of benzene rings is 1. The van der Waals surface area contributed by atoms with E-state index in [1.807, 2.05) is 0 Å². The number of rotatable bonds is 2. The molecule has 0 bridgehead atoms. The summed E-state index contributed by atoms with van der Waals surface area (Å²) < 4.78 is 26.5. The van der Waals surface area contributed by atoms with Crippen LogP contribution in [0.5, 0.6) is 0 Å². The summed E-state index contributed by atoms with van der Waals surface area (Å²) in [5.74, 6) is -2.41. The lowest BCUT2D eigenvalue weighted by molar-refractivity contribution is 0.0696. The fourth-order valence-corrected chi connectivity index (χ4v) is 1.83. The van der Waals surface area contributed by atoms with Gasteiger partial charge in [-0.3, -0.25) is 0 Å². The number of carboxylic acid groups (broad SMARTS) is 1. The van der Waals surface area contributed by atoms with E-state index in [0.29, 0.717) is 5.52 Å². The van der Waals surface area contributed by atoms with Gasteiger partial charge in [-0.1, -0.05) is 0 Å². The highest BCUT2D eigenvalue weighted by Gasteiger charge is 2.13. The molecule has 3 aromatic rings. The van der Waals surface area contributed by atoms with Crippen LogP contribution >= 0.6 is 0 Å². The first-order valence-electron chi connectivity index (χ1n) is 5.59. The van der Waals surface area contributed by atoms with Gasteiger partial charge in [0.25, 0.3) is 0 Å². The summed E-state index contributed by atoms with van der Waals surface area (Å²) >= 11 is 0. The lowest BCUT2D eigenvalue weighted by Crippen LogP contribution is -1.96. The van der Waals surface area contributed by atoms with Crippen LogP contribution in [-0.2, 0) is 0 Å². The quantitative estimate of drug-likeness (QED) is 0.753. The SMILES string of the molecule is O=C(O)c1cnc2nc(-c3ccc(F)cc3F)[nH]c2c1. The third-order valence-corrected chi connectivity index (χ3v) is 2.77. The first kappa shape index (κ1) is 12.2. The first-order chi connectivity index (χ1) is 9.54. The largest absolute Gasteiger partial charge is 0.478 e. The van der Waals surface area contributed by atoms with Gasteiger partial charge in [-0.15, -0.1) is 0 Å². The van der Waals surface area contributed by atoms with Gasteiger partial charge in [-0.05, 0) is 18.2 Å². The summed E-state index contributed by atoms with van der Waals surface area (Å²) in [5, 5.41) is 8.87. The first-order valence-corrected chi connectivity index (χ1v) is 5.59. The average molecular weight is 275 g/mol. The van der Waals surface area contributed by atoms with E-state index < -0.39 is 17.6 Å². The Morgan fingerprint density at radius 1 is 1.25 bits per heavy atom. The molecule has 0 amide bonds. The van der Waals surface area contributed by atoms with Crippen LogP contribution in [0, 0.1) is 11.6 Å². The van der Waals surface area contributed by atoms with E-state index in [2.05, 4.69) is 15.0 Å². The summed E-state index contributed by atoms with van der Waals surface area (Å²) in [5.41, 5.74) is 0.700. The normalized spacial score (nSPS) is 10.9. The Morgan fingerprint density at radius 3 is 2.75 bits per heavy atom. The zero-order valence-electron chi connectivity index (χ0n) is 9.89. The molecule has 1 aromatic carbocycles. The smallest absolute Gasteiger partial charge is 0.337 e. The molecule has 0 radical (unpaired) electrons. The van der Waals surface area contributed by atoms with Gasteiger partial charge in [-0.2, -0.15) is 0 Å². The van der Waals surface area contributed by atoms with Crippen molar-refractivity contribution in [3.8, 4) is 11.4 Å². The Kier molecular flexibility index (Phi) is 2.67. The second kappa shape index (κ2) is 4.37. The molecule has 0 saturated heterocycles. The summed E-state index contributed by atoms with van der Waals surface area (Å²) in [4.78, 5) is 21.5. The Morgan fingerprint density at radius 2 is 2.05 bits per heavy atom. The fraction of sp³-hybridized carbons (Fsp3) is 0. The van der Waals surface area contributed by atoms with Crippen molar-refractivity contribution in [3.63, 3.8) is 0 Å². The number of aromatic carboxylic acids is 1. The Hall–Kier alpha value is -2.83. The lowest BCUT2D eigenvalue weighted by Gasteiger charge is -1.98. The molecular formula is C13H7F2N3O2. The van der Waals surface area contributed by atoms with E-state index >= 15 is 0 Å². The molecule has 2 heterocycles. The number of aromatic nitrogens is 3. The molecule has 0 saturated carbocycles. The minimum Gasteiger partial charge on any atom is -0.478 e. The molecule has 2 N–H and O–H groups in total. The standard InChI is InChI=1S/C13H7F2N3O2/c14-7-1-2-8(9(15)4-7)11-17-10-3-6(13(19)20)5-16-12(10)18-11/h1-5H,(H,19,20)(H,16,17,18). The third-order valence-electron chi connectivity index (χ3n) is 2.77. The summed E-state index contributed by atoms with van der Waals surface area (Å²) in [6.45, 7) is 0. The number of nitrogens with zero attached hydrogens (tertiary/aromatic N) is 2. The number of pyridine rings is 1. The number of nitrogens with one attached hydrogen (secondary N) is 1. The molecule has 2 aromatic heterocycles. The van der Waals surface area contributed by atoms with Crippen molar-refractivity contribution in [2.75, 3.05) is 0 Å². The van der Waals surface area contributed by atoms with E-state index in [0.717, 1.165) is 18.3 Å². The zero-order valence-corrected chi connectivity index (χ0v) is 9.89. The molecule has 100 valence electrons. The highest BCUT2D eigenvalue weighted by atomic mass is 19.1. The number of halogens is 2. The molecule has 0 fully saturated rings. The number of H-pyrrole nitrogens is 1. The molecule has 0 unspecified atom stereocenters. The van der Waals surface area contributed by atoms with Crippen LogP contribution in [0.2, 0.25) is 0 Å². The maximum Gasteiger partial charge on any atom is 0.337 e.